The number of carbonyl (C=O) groups is 1. The van der Waals surface area contributed by atoms with Crippen molar-refractivity contribution >= 4 is 21.6 Å². The zero-order valence-electron chi connectivity index (χ0n) is 15.4. The predicted octanol–water partition coefficient (Wildman–Crippen LogP) is 3.07. The molecule has 0 spiro atoms. The summed E-state index contributed by atoms with van der Waals surface area (Å²) in [5.41, 5.74) is 0.190. The molecule has 1 fully saturated rings. The molecule has 1 amide bonds. The van der Waals surface area contributed by atoms with E-state index in [4.69, 9.17) is 4.74 Å². The number of anilines is 1. The molecule has 9 heteroatoms. The number of methoxy groups -OCH3 is 1. The van der Waals surface area contributed by atoms with Gasteiger partial charge in [-0.15, -0.1) is 0 Å². The van der Waals surface area contributed by atoms with Crippen LogP contribution in [0, 0.1) is 18.6 Å². The van der Waals surface area contributed by atoms with Gasteiger partial charge in [-0.05, 0) is 43.5 Å². The normalized spacial score (nSPS) is 17.5. The van der Waals surface area contributed by atoms with Crippen molar-refractivity contribution in [1.29, 1.82) is 0 Å². The fourth-order valence-electron chi connectivity index (χ4n) is 3.21. The average molecular weight is 410 g/mol. The second kappa shape index (κ2) is 7.84. The van der Waals surface area contributed by atoms with Crippen molar-refractivity contribution < 1.29 is 26.7 Å². The van der Waals surface area contributed by atoms with Crippen LogP contribution in [-0.2, 0) is 14.8 Å². The molecule has 1 unspecified atom stereocenters. The number of nitrogens with one attached hydrogen (secondary N) is 1. The van der Waals surface area contributed by atoms with E-state index < -0.39 is 33.6 Å². The van der Waals surface area contributed by atoms with Gasteiger partial charge in [0.25, 0.3) is 0 Å². The van der Waals surface area contributed by atoms with Crippen LogP contribution < -0.4 is 10.1 Å². The Kier molecular flexibility index (Phi) is 5.66. The van der Waals surface area contributed by atoms with Crippen molar-refractivity contribution in [3.63, 3.8) is 0 Å². The van der Waals surface area contributed by atoms with Crippen molar-refractivity contribution in [3.8, 4) is 5.75 Å². The van der Waals surface area contributed by atoms with Crippen molar-refractivity contribution in [1.82, 2.24) is 4.31 Å². The molecular formula is C19H20F2N2O4S. The van der Waals surface area contributed by atoms with E-state index in [1.807, 2.05) is 0 Å². The van der Waals surface area contributed by atoms with E-state index in [0.29, 0.717) is 17.7 Å². The minimum atomic E-state index is -3.98. The molecule has 1 N–H and O–H groups in total. The van der Waals surface area contributed by atoms with E-state index in [1.54, 1.807) is 19.1 Å². The molecule has 2 aromatic carbocycles. The minimum Gasteiger partial charge on any atom is -0.497 e. The number of amides is 1. The van der Waals surface area contributed by atoms with Crippen LogP contribution in [0.1, 0.15) is 18.4 Å². The summed E-state index contributed by atoms with van der Waals surface area (Å²) in [4.78, 5) is 12.7. The molecule has 6 nitrogen and oxygen atoms in total. The van der Waals surface area contributed by atoms with Crippen LogP contribution in [0.4, 0.5) is 14.5 Å². The van der Waals surface area contributed by atoms with Gasteiger partial charge in [0.1, 0.15) is 23.4 Å². The Labute approximate surface area is 162 Å². The summed E-state index contributed by atoms with van der Waals surface area (Å²) in [6.07, 6.45) is 0.761. The zero-order valence-corrected chi connectivity index (χ0v) is 16.2. The van der Waals surface area contributed by atoms with Crippen LogP contribution in [0.15, 0.2) is 41.3 Å². The molecule has 0 radical (unpaired) electrons. The lowest BCUT2D eigenvalue weighted by molar-refractivity contribution is -0.119. The number of nitrogens with zero attached hydrogens (tertiary/aromatic N) is 1. The molecule has 1 aliphatic rings. The van der Waals surface area contributed by atoms with Crippen molar-refractivity contribution in [2.75, 3.05) is 19.0 Å². The topological polar surface area (TPSA) is 75.7 Å². The third kappa shape index (κ3) is 3.85. The number of aryl methyl sites for hydroxylation is 1. The summed E-state index contributed by atoms with van der Waals surface area (Å²) in [6.45, 7) is 1.81. The Morgan fingerprint density at radius 1 is 1.21 bits per heavy atom. The fourth-order valence-corrected chi connectivity index (χ4v) is 5.11. The molecule has 0 saturated carbocycles. The van der Waals surface area contributed by atoms with E-state index >= 15 is 0 Å². The number of carbonyl (C=O) groups excluding carboxylic acids is 1. The maximum absolute atomic E-state index is 13.8. The molecule has 28 heavy (non-hydrogen) atoms. The number of hydrogen-bond acceptors (Lipinski definition) is 4. The third-order valence-corrected chi connectivity index (χ3v) is 6.72. The lowest BCUT2D eigenvalue weighted by Crippen LogP contribution is -2.43. The van der Waals surface area contributed by atoms with E-state index in [-0.39, 0.29) is 23.5 Å². The number of ether oxygens (including phenoxy) is 1. The Bertz CT molecular complexity index is 1010. The minimum absolute atomic E-state index is 0.0449. The Morgan fingerprint density at radius 2 is 1.96 bits per heavy atom. The number of sulfonamides is 1. The Balaban J connectivity index is 1.89. The summed E-state index contributed by atoms with van der Waals surface area (Å²) in [5.74, 6) is -1.83. The largest absolute Gasteiger partial charge is 0.497 e. The molecule has 3 rings (SSSR count). The quantitative estimate of drug-likeness (QED) is 0.822. The number of benzene rings is 2. The standard InChI is InChI=1S/C19H20F2N2O4S/c1-12-5-7-14(27-2)11-18(12)28(25,26)23-9-3-4-17(23)19(24)22-16-10-13(20)6-8-15(16)21/h5-8,10-11,17H,3-4,9H2,1-2H3,(H,22,24). The smallest absolute Gasteiger partial charge is 0.244 e. The van der Waals surface area contributed by atoms with Crippen LogP contribution in [-0.4, -0.2) is 38.3 Å². The second-order valence-electron chi connectivity index (χ2n) is 6.52. The van der Waals surface area contributed by atoms with Gasteiger partial charge in [-0.25, -0.2) is 17.2 Å². The first-order valence-electron chi connectivity index (χ1n) is 8.66. The van der Waals surface area contributed by atoms with Gasteiger partial charge in [0.05, 0.1) is 17.7 Å². The molecule has 1 atom stereocenters. The average Bonchev–Trinajstić information content (AvgIpc) is 3.16. The highest BCUT2D eigenvalue weighted by atomic mass is 32.2. The highest BCUT2D eigenvalue weighted by Gasteiger charge is 2.40. The van der Waals surface area contributed by atoms with E-state index in [1.165, 1.54) is 13.2 Å². The lowest BCUT2D eigenvalue weighted by atomic mass is 10.2. The van der Waals surface area contributed by atoms with Gasteiger partial charge in [0, 0.05) is 18.7 Å². The second-order valence-corrected chi connectivity index (χ2v) is 8.38. The summed E-state index contributed by atoms with van der Waals surface area (Å²) in [6, 6.07) is 6.35. The summed E-state index contributed by atoms with van der Waals surface area (Å²) in [5, 5.41) is 2.30. The van der Waals surface area contributed by atoms with Crippen LogP contribution in [0.25, 0.3) is 0 Å². The van der Waals surface area contributed by atoms with Gasteiger partial charge >= 0.3 is 0 Å². The first kappa shape index (κ1) is 20.2. The first-order chi connectivity index (χ1) is 13.2. The molecule has 1 saturated heterocycles. The summed E-state index contributed by atoms with van der Waals surface area (Å²) in [7, 11) is -2.55. The fraction of sp³-hybridized carbons (Fsp3) is 0.316. The van der Waals surface area contributed by atoms with Crippen molar-refractivity contribution in [3.05, 3.63) is 53.6 Å². The van der Waals surface area contributed by atoms with E-state index in [2.05, 4.69) is 5.32 Å². The van der Waals surface area contributed by atoms with Gasteiger partial charge in [0.2, 0.25) is 15.9 Å². The highest BCUT2D eigenvalue weighted by Crippen LogP contribution is 2.31. The maximum Gasteiger partial charge on any atom is 0.244 e. The first-order valence-corrected chi connectivity index (χ1v) is 10.1. The monoisotopic (exact) mass is 410 g/mol. The van der Waals surface area contributed by atoms with Crippen LogP contribution >= 0.6 is 0 Å². The molecule has 150 valence electrons. The van der Waals surface area contributed by atoms with E-state index in [9.17, 15) is 22.0 Å². The Hall–Kier alpha value is -2.52. The van der Waals surface area contributed by atoms with Crippen LogP contribution in [0.5, 0.6) is 5.75 Å². The van der Waals surface area contributed by atoms with Crippen molar-refractivity contribution in [2.24, 2.45) is 0 Å². The van der Waals surface area contributed by atoms with Crippen LogP contribution in [0.3, 0.4) is 0 Å². The molecule has 1 heterocycles. The third-order valence-electron chi connectivity index (χ3n) is 4.67. The number of rotatable bonds is 5. The van der Waals surface area contributed by atoms with Crippen molar-refractivity contribution in [2.45, 2.75) is 30.7 Å². The molecule has 0 aromatic heterocycles. The maximum atomic E-state index is 13.8. The van der Waals surface area contributed by atoms with Gasteiger partial charge < -0.3 is 10.1 Å². The molecule has 2 aromatic rings. The summed E-state index contributed by atoms with van der Waals surface area (Å²) >= 11 is 0. The SMILES string of the molecule is COc1ccc(C)c(S(=O)(=O)N2CCCC2C(=O)Nc2cc(F)ccc2F)c1. The lowest BCUT2D eigenvalue weighted by Gasteiger charge is -2.24. The molecule has 1 aliphatic heterocycles. The van der Waals surface area contributed by atoms with Gasteiger partial charge in [-0.1, -0.05) is 6.07 Å². The Morgan fingerprint density at radius 3 is 2.68 bits per heavy atom. The molecular weight excluding hydrogens is 390 g/mol. The van der Waals surface area contributed by atoms with Gasteiger partial charge in [0.15, 0.2) is 0 Å². The number of halogens is 2. The van der Waals surface area contributed by atoms with Gasteiger partial charge in [-0.2, -0.15) is 4.31 Å². The number of hydrogen-bond donors (Lipinski definition) is 1. The highest BCUT2D eigenvalue weighted by molar-refractivity contribution is 7.89. The van der Waals surface area contributed by atoms with Gasteiger partial charge in [-0.3, -0.25) is 4.79 Å². The van der Waals surface area contributed by atoms with Crippen LogP contribution in [0.2, 0.25) is 0 Å². The summed E-state index contributed by atoms with van der Waals surface area (Å²) < 4.78 is 59.7. The zero-order chi connectivity index (χ0) is 20.5. The molecule has 0 bridgehead atoms. The molecule has 0 aliphatic carbocycles. The predicted molar refractivity (Wildman–Crippen MR) is 99.6 cm³/mol. The van der Waals surface area contributed by atoms with E-state index in [0.717, 1.165) is 22.5 Å².